The summed E-state index contributed by atoms with van der Waals surface area (Å²) >= 11 is 0. The van der Waals surface area contributed by atoms with Crippen molar-refractivity contribution in [2.24, 2.45) is 0 Å². The van der Waals surface area contributed by atoms with Crippen LogP contribution in [0.4, 0.5) is 5.69 Å². The quantitative estimate of drug-likeness (QED) is 0.675. The van der Waals surface area contributed by atoms with Gasteiger partial charge in [-0.15, -0.1) is 0 Å². The van der Waals surface area contributed by atoms with E-state index in [1.54, 1.807) is 0 Å². The van der Waals surface area contributed by atoms with E-state index in [4.69, 9.17) is 4.74 Å². The molecule has 0 radical (unpaired) electrons. The topological polar surface area (TPSA) is 105 Å². The zero-order valence-corrected chi connectivity index (χ0v) is 11.6. The smallest absolute Gasteiger partial charge is 0.310 e. The number of hydrogen-bond donors (Lipinski definition) is 1. The minimum Gasteiger partial charge on any atom is -0.490 e. The van der Waals surface area contributed by atoms with Crippen molar-refractivity contribution in [1.82, 2.24) is 5.32 Å². The van der Waals surface area contributed by atoms with Crippen LogP contribution in [0, 0.1) is 21.4 Å². The van der Waals surface area contributed by atoms with Crippen molar-refractivity contribution < 1.29 is 14.5 Å². The number of methoxy groups -OCH3 is 1. The molecule has 110 valence electrons. The first kappa shape index (κ1) is 14.8. The van der Waals surface area contributed by atoms with Crippen molar-refractivity contribution in [3.8, 4) is 11.8 Å². The Morgan fingerprint density at radius 1 is 1.48 bits per heavy atom. The summed E-state index contributed by atoms with van der Waals surface area (Å²) in [5.74, 6) is -0.406. The second kappa shape index (κ2) is 5.79. The molecule has 1 aliphatic carbocycles. The Kier molecular flexibility index (Phi) is 4.08. The SMILES string of the molecule is COc1cc(C(=O)NC2(C#N)CCCC2)ccc1[N+](=O)[O-]. The maximum atomic E-state index is 12.2. The molecule has 1 fully saturated rings. The van der Waals surface area contributed by atoms with Crippen LogP contribution in [0.5, 0.6) is 5.75 Å². The van der Waals surface area contributed by atoms with Crippen LogP contribution in [0.1, 0.15) is 36.0 Å². The van der Waals surface area contributed by atoms with Gasteiger partial charge in [-0.25, -0.2) is 0 Å². The molecule has 0 aromatic heterocycles. The molecule has 0 bridgehead atoms. The van der Waals surface area contributed by atoms with Crippen LogP contribution in [0.15, 0.2) is 18.2 Å². The van der Waals surface area contributed by atoms with Crippen molar-refractivity contribution in [3.05, 3.63) is 33.9 Å². The van der Waals surface area contributed by atoms with Crippen molar-refractivity contribution in [3.63, 3.8) is 0 Å². The molecule has 1 aromatic carbocycles. The molecule has 0 atom stereocenters. The van der Waals surface area contributed by atoms with E-state index in [1.165, 1.54) is 25.3 Å². The van der Waals surface area contributed by atoms with Gasteiger partial charge in [-0.2, -0.15) is 5.26 Å². The number of carbonyl (C=O) groups excluding carboxylic acids is 1. The Balaban J connectivity index is 2.24. The largest absolute Gasteiger partial charge is 0.490 e. The monoisotopic (exact) mass is 289 g/mol. The lowest BCUT2D eigenvalue weighted by atomic mass is 9.99. The van der Waals surface area contributed by atoms with Crippen LogP contribution < -0.4 is 10.1 Å². The Morgan fingerprint density at radius 3 is 2.67 bits per heavy atom. The van der Waals surface area contributed by atoms with Crippen LogP contribution in [-0.2, 0) is 0 Å². The van der Waals surface area contributed by atoms with Crippen molar-refractivity contribution in [2.75, 3.05) is 7.11 Å². The fraction of sp³-hybridized carbons (Fsp3) is 0.429. The second-order valence-corrected chi connectivity index (χ2v) is 5.00. The summed E-state index contributed by atoms with van der Waals surface area (Å²) in [4.78, 5) is 22.5. The number of rotatable bonds is 4. The van der Waals surface area contributed by atoms with E-state index in [0.29, 0.717) is 12.8 Å². The molecule has 7 heteroatoms. The number of ether oxygens (including phenoxy) is 1. The van der Waals surface area contributed by atoms with E-state index in [2.05, 4.69) is 11.4 Å². The summed E-state index contributed by atoms with van der Waals surface area (Å²) in [6.45, 7) is 0. The third-order valence-electron chi connectivity index (χ3n) is 3.66. The van der Waals surface area contributed by atoms with E-state index in [0.717, 1.165) is 12.8 Å². The molecule has 0 unspecified atom stereocenters. The number of nitrogens with zero attached hydrogens (tertiary/aromatic N) is 2. The zero-order chi connectivity index (χ0) is 15.5. The number of benzene rings is 1. The third kappa shape index (κ3) is 2.94. The predicted octanol–water partition coefficient (Wildman–Crippen LogP) is 2.17. The Bertz CT molecular complexity index is 615. The van der Waals surface area contributed by atoms with Gasteiger partial charge >= 0.3 is 5.69 Å². The van der Waals surface area contributed by atoms with E-state index in [9.17, 15) is 20.2 Å². The Morgan fingerprint density at radius 2 is 2.14 bits per heavy atom. The Labute approximate surface area is 121 Å². The fourth-order valence-corrected chi connectivity index (χ4v) is 2.50. The van der Waals surface area contributed by atoms with Gasteiger partial charge in [0.2, 0.25) is 0 Å². The van der Waals surface area contributed by atoms with Crippen LogP contribution in [0.25, 0.3) is 0 Å². The highest BCUT2D eigenvalue weighted by atomic mass is 16.6. The molecule has 1 aliphatic rings. The number of amides is 1. The lowest BCUT2D eigenvalue weighted by Crippen LogP contribution is -2.45. The highest BCUT2D eigenvalue weighted by Gasteiger charge is 2.35. The predicted molar refractivity (Wildman–Crippen MR) is 73.9 cm³/mol. The molecule has 1 saturated carbocycles. The maximum absolute atomic E-state index is 12.2. The lowest BCUT2D eigenvalue weighted by Gasteiger charge is -2.22. The molecular formula is C14H15N3O4. The van der Waals surface area contributed by atoms with Crippen LogP contribution in [0.2, 0.25) is 0 Å². The second-order valence-electron chi connectivity index (χ2n) is 5.00. The average molecular weight is 289 g/mol. The van der Waals surface area contributed by atoms with Gasteiger partial charge in [-0.05, 0) is 31.7 Å². The molecule has 1 amide bonds. The van der Waals surface area contributed by atoms with E-state index in [1.807, 2.05) is 0 Å². The molecule has 7 nitrogen and oxygen atoms in total. The number of nitro groups is 1. The number of hydrogen-bond acceptors (Lipinski definition) is 5. The first-order valence-electron chi connectivity index (χ1n) is 6.57. The van der Waals surface area contributed by atoms with Gasteiger partial charge in [-0.1, -0.05) is 0 Å². The van der Waals surface area contributed by atoms with E-state index < -0.39 is 16.4 Å². The third-order valence-corrected chi connectivity index (χ3v) is 3.66. The number of nitriles is 1. The standard InChI is InChI=1S/C14H15N3O4/c1-21-12-8-10(4-5-11(12)17(19)20)13(18)16-14(9-15)6-2-3-7-14/h4-5,8H,2-3,6-7H2,1H3,(H,16,18). The maximum Gasteiger partial charge on any atom is 0.310 e. The highest BCUT2D eigenvalue weighted by molar-refractivity contribution is 5.95. The normalized spacial score (nSPS) is 16.0. The van der Waals surface area contributed by atoms with Gasteiger partial charge in [0.1, 0.15) is 5.54 Å². The first-order valence-corrected chi connectivity index (χ1v) is 6.57. The van der Waals surface area contributed by atoms with Crippen molar-refractivity contribution in [1.29, 1.82) is 5.26 Å². The summed E-state index contributed by atoms with van der Waals surface area (Å²) in [6.07, 6.45) is 3.05. The van der Waals surface area contributed by atoms with Gasteiger partial charge in [0.05, 0.1) is 18.1 Å². The van der Waals surface area contributed by atoms with E-state index >= 15 is 0 Å². The molecular weight excluding hydrogens is 274 g/mol. The molecule has 21 heavy (non-hydrogen) atoms. The summed E-state index contributed by atoms with van der Waals surface area (Å²) in [5.41, 5.74) is -0.796. The number of carbonyl (C=O) groups is 1. The number of nitrogens with one attached hydrogen (secondary N) is 1. The van der Waals surface area contributed by atoms with Gasteiger partial charge in [-0.3, -0.25) is 14.9 Å². The molecule has 0 saturated heterocycles. The van der Waals surface area contributed by atoms with Crippen molar-refractivity contribution >= 4 is 11.6 Å². The Hall–Kier alpha value is -2.62. The summed E-state index contributed by atoms with van der Waals surface area (Å²) in [6, 6.07) is 6.06. The summed E-state index contributed by atoms with van der Waals surface area (Å²) < 4.78 is 4.93. The zero-order valence-electron chi connectivity index (χ0n) is 11.6. The summed E-state index contributed by atoms with van der Waals surface area (Å²) in [5, 5.41) is 22.8. The fourth-order valence-electron chi connectivity index (χ4n) is 2.50. The first-order chi connectivity index (χ1) is 10.0. The van der Waals surface area contributed by atoms with Crippen LogP contribution >= 0.6 is 0 Å². The van der Waals surface area contributed by atoms with Crippen LogP contribution in [0.3, 0.4) is 0 Å². The molecule has 0 spiro atoms. The van der Waals surface area contributed by atoms with Gasteiger partial charge in [0.25, 0.3) is 5.91 Å². The van der Waals surface area contributed by atoms with Gasteiger partial charge < -0.3 is 10.1 Å². The highest BCUT2D eigenvalue weighted by Crippen LogP contribution is 2.31. The van der Waals surface area contributed by atoms with E-state index in [-0.39, 0.29) is 17.0 Å². The van der Waals surface area contributed by atoms with Crippen molar-refractivity contribution in [2.45, 2.75) is 31.2 Å². The molecule has 2 rings (SSSR count). The molecule has 0 aliphatic heterocycles. The molecule has 0 heterocycles. The lowest BCUT2D eigenvalue weighted by molar-refractivity contribution is -0.385. The summed E-state index contributed by atoms with van der Waals surface area (Å²) in [7, 11) is 1.30. The van der Waals surface area contributed by atoms with Gasteiger partial charge in [0, 0.05) is 17.7 Å². The average Bonchev–Trinajstić information content (AvgIpc) is 2.95. The minimum atomic E-state index is -0.827. The molecule has 1 aromatic rings. The van der Waals surface area contributed by atoms with Gasteiger partial charge in [0.15, 0.2) is 5.75 Å². The number of nitro benzene ring substituents is 1. The molecule has 1 N–H and O–H groups in total. The minimum absolute atomic E-state index is 0.0186. The van der Waals surface area contributed by atoms with Crippen LogP contribution in [-0.4, -0.2) is 23.5 Å².